The number of hydrogen-bond donors (Lipinski definition) is 1. The Kier molecular flexibility index (Phi) is 6.23. The molecule has 20 heavy (non-hydrogen) atoms. The number of piperidine rings is 1. The molecule has 1 rings (SSSR count). The Bertz CT molecular complexity index is 445. The van der Waals surface area contributed by atoms with Crippen LogP contribution in [-0.2, 0) is 10.0 Å². The van der Waals surface area contributed by atoms with Crippen molar-refractivity contribution in [3.8, 4) is 6.07 Å². The van der Waals surface area contributed by atoms with Crippen molar-refractivity contribution in [3.63, 3.8) is 0 Å². The van der Waals surface area contributed by atoms with E-state index in [1.54, 1.807) is 0 Å². The molecule has 5 nitrogen and oxygen atoms in total. The van der Waals surface area contributed by atoms with Gasteiger partial charge in [-0.15, -0.1) is 0 Å². The fraction of sp³-hybridized carbons (Fsp3) is 0.909. The number of nitriles is 1. The molecule has 0 saturated carbocycles. The van der Waals surface area contributed by atoms with Crippen LogP contribution in [0.1, 0.15) is 25.7 Å². The molecule has 0 aromatic carbocycles. The van der Waals surface area contributed by atoms with Gasteiger partial charge >= 0.3 is 6.18 Å². The van der Waals surface area contributed by atoms with Crippen LogP contribution in [-0.4, -0.2) is 50.9 Å². The van der Waals surface area contributed by atoms with Crippen LogP contribution in [0.5, 0.6) is 0 Å². The van der Waals surface area contributed by atoms with E-state index >= 15 is 0 Å². The molecule has 0 aliphatic carbocycles. The molecule has 1 saturated heterocycles. The van der Waals surface area contributed by atoms with Crippen molar-refractivity contribution >= 4 is 10.0 Å². The van der Waals surface area contributed by atoms with Crippen molar-refractivity contribution in [2.24, 2.45) is 0 Å². The molecule has 116 valence electrons. The van der Waals surface area contributed by atoms with E-state index in [1.165, 1.54) is 4.90 Å². The molecule has 0 amide bonds. The summed E-state index contributed by atoms with van der Waals surface area (Å²) >= 11 is 0. The van der Waals surface area contributed by atoms with E-state index in [2.05, 4.69) is 4.72 Å². The number of likely N-dealkylation sites (tertiary alicyclic amines) is 1. The Morgan fingerprint density at radius 3 is 2.70 bits per heavy atom. The van der Waals surface area contributed by atoms with Crippen LogP contribution in [0, 0.1) is 11.3 Å². The largest absolute Gasteiger partial charge is 0.401 e. The minimum Gasteiger partial charge on any atom is -0.293 e. The normalized spacial score (nSPS) is 21.6. The van der Waals surface area contributed by atoms with Crippen LogP contribution in [0.2, 0.25) is 0 Å². The van der Waals surface area contributed by atoms with Crippen molar-refractivity contribution in [2.45, 2.75) is 37.9 Å². The van der Waals surface area contributed by atoms with Crippen molar-refractivity contribution < 1.29 is 21.6 Å². The Hall–Kier alpha value is -0.850. The molecule has 1 aliphatic rings. The van der Waals surface area contributed by atoms with E-state index in [0.717, 1.165) is 0 Å². The quantitative estimate of drug-likeness (QED) is 0.749. The maximum absolute atomic E-state index is 12.3. The van der Waals surface area contributed by atoms with Crippen LogP contribution in [0.3, 0.4) is 0 Å². The number of halogens is 3. The highest BCUT2D eigenvalue weighted by atomic mass is 32.2. The van der Waals surface area contributed by atoms with E-state index in [0.29, 0.717) is 19.4 Å². The summed E-state index contributed by atoms with van der Waals surface area (Å²) in [6, 6.07) is 1.36. The summed E-state index contributed by atoms with van der Waals surface area (Å²) in [6.07, 6.45) is -2.84. The molecular weight excluding hydrogens is 295 g/mol. The third kappa shape index (κ3) is 7.07. The average Bonchev–Trinajstić information content (AvgIpc) is 2.26. The Morgan fingerprint density at radius 2 is 2.10 bits per heavy atom. The van der Waals surface area contributed by atoms with Gasteiger partial charge in [-0.3, -0.25) is 4.90 Å². The number of hydrogen-bond acceptors (Lipinski definition) is 4. The number of nitrogens with zero attached hydrogens (tertiary/aromatic N) is 2. The second kappa shape index (κ2) is 7.24. The van der Waals surface area contributed by atoms with Gasteiger partial charge in [-0.05, 0) is 25.8 Å². The van der Waals surface area contributed by atoms with Crippen molar-refractivity contribution in [1.82, 2.24) is 9.62 Å². The third-order valence-corrected chi connectivity index (χ3v) is 4.47. The molecular formula is C11H18F3N3O2S. The monoisotopic (exact) mass is 313 g/mol. The predicted molar refractivity (Wildman–Crippen MR) is 67.3 cm³/mol. The fourth-order valence-corrected chi connectivity index (χ4v) is 3.55. The lowest BCUT2D eigenvalue weighted by molar-refractivity contribution is -0.148. The maximum atomic E-state index is 12.3. The van der Waals surface area contributed by atoms with Gasteiger partial charge in [0.05, 0.1) is 18.4 Å². The zero-order chi connectivity index (χ0) is 15.2. The summed E-state index contributed by atoms with van der Waals surface area (Å²) in [5.41, 5.74) is 0. The zero-order valence-electron chi connectivity index (χ0n) is 11.0. The molecule has 0 unspecified atom stereocenters. The highest BCUT2D eigenvalue weighted by Crippen LogP contribution is 2.20. The molecule has 1 aliphatic heterocycles. The summed E-state index contributed by atoms with van der Waals surface area (Å²) in [6.45, 7) is -0.622. The van der Waals surface area contributed by atoms with Crippen LogP contribution in [0.15, 0.2) is 0 Å². The first-order valence-electron chi connectivity index (χ1n) is 6.38. The minimum atomic E-state index is -4.27. The van der Waals surface area contributed by atoms with E-state index < -0.39 is 28.8 Å². The first-order valence-corrected chi connectivity index (χ1v) is 8.03. The van der Waals surface area contributed by atoms with Crippen LogP contribution < -0.4 is 4.72 Å². The van der Waals surface area contributed by atoms with Gasteiger partial charge in [0.25, 0.3) is 0 Å². The first kappa shape index (κ1) is 17.2. The Morgan fingerprint density at radius 1 is 1.40 bits per heavy atom. The molecule has 0 radical (unpaired) electrons. The first-order chi connectivity index (χ1) is 9.22. The number of rotatable bonds is 6. The lowest BCUT2D eigenvalue weighted by Crippen LogP contribution is -2.50. The third-order valence-electron chi connectivity index (χ3n) is 2.96. The summed E-state index contributed by atoms with van der Waals surface area (Å²) in [5, 5.41) is 8.35. The van der Waals surface area contributed by atoms with Gasteiger partial charge in [-0.2, -0.15) is 18.4 Å². The van der Waals surface area contributed by atoms with Crippen molar-refractivity contribution in [3.05, 3.63) is 0 Å². The number of sulfonamides is 1. The van der Waals surface area contributed by atoms with Gasteiger partial charge < -0.3 is 0 Å². The SMILES string of the molecule is N#CCCCS(=O)(=O)N[C@H]1CCCN(CC(F)(F)F)C1. The highest BCUT2D eigenvalue weighted by molar-refractivity contribution is 7.89. The fourth-order valence-electron chi connectivity index (χ4n) is 2.20. The van der Waals surface area contributed by atoms with Gasteiger partial charge in [-0.1, -0.05) is 0 Å². The molecule has 1 atom stereocenters. The lowest BCUT2D eigenvalue weighted by Gasteiger charge is -2.33. The molecule has 1 N–H and O–H groups in total. The van der Waals surface area contributed by atoms with Crippen molar-refractivity contribution in [2.75, 3.05) is 25.4 Å². The van der Waals surface area contributed by atoms with Crippen LogP contribution in [0.25, 0.3) is 0 Å². The Balaban J connectivity index is 2.45. The second-order valence-corrected chi connectivity index (χ2v) is 6.76. The minimum absolute atomic E-state index is 0.0665. The predicted octanol–water partition coefficient (Wildman–Crippen LogP) is 1.24. The van der Waals surface area contributed by atoms with Crippen LogP contribution >= 0.6 is 0 Å². The topological polar surface area (TPSA) is 73.2 Å². The number of unbranched alkanes of at least 4 members (excludes halogenated alkanes) is 1. The number of alkyl halides is 3. The van der Waals surface area contributed by atoms with E-state index in [9.17, 15) is 21.6 Å². The summed E-state index contributed by atoms with van der Waals surface area (Å²) in [7, 11) is -3.53. The molecule has 1 heterocycles. The molecule has 0 bridgehead atoms. The average molecular weight is 313 g/mol. The number of nitrogens with one attached hydrogen (secondary N) is 1. The molecule has 0 spiro atoms. The summed E-state index contributed by atoms with van der Waals surface area (Å²) in [4.78, 5) is 1.21. The summed E-state index contributed by atoms with van der Waals surface area (Å²) < 4.78 is 62.7. The molecule has 9 heteroatoms. The summed E-state index contributed by atoms with van der Waals surface area (Å²) in [5.74, 6) is -0.170. The van der Waals surface area contributed by atoms with Crippen molar-refractivity contribution in [1.29, 1.82) is 5.26 Å². The van der Waals surface area contributed by atoms with Gasteiger partial charge in [0.2, 0.25) is 10.0 Å². The standard InChI is InChI=1S/C11H18F3N3O2S/c12-11(13,14)9-17-6-3-4-10(8-17)16-20(18,19)7-2-1-5-15/h10,16H,1-4,6-9H2/t10-/m0/s1. The molecule has 0 aromatic rings. The van der Waals surface area contributed by atoms with E-state index in [-0.39, 0.29) is 25.1 Å². The van der Waals surface area contributed by atoms with Gasteiger partial charge in [0.15, 0.2) is 0 Å². The molecule has 1 fully saturated rings. The second-order valence-electron chi connectivity index (χ2n) is 4.89. The van der Waals surface area contributed by atoms with E-state index in [1.807, 2.05) is 6.07 Å². The van der Waals surface area contributed by atoms with E-state index in [4.69, 9.17) is 5.26 Å². The van der Waals surface area contributed by atoms with Crippen LogP contribution in [0.4, 0.5) is 13.2 Å². The highest BCUT2D eigenvalue weighted by Gasteiger charge is 2.33. The lowest BCUT2D eigenvalue weighted by atomic mass is 10.1. The maximum Gasteiger partial charge on any atom is 0.401 e. The van der Waals surface area contributed by atoms with Gasteiger partial charge in [0.1, 0.15) is 0 Å². The smallest absolute Gasteiger partial charge is 0.293 e. The Labute approximate surface area is 116 Å². The molecule has 0 aromatic heterocycles. The zero-order valence-corrected chi connectivity index (χ0v) is 11.8. The van der Waals surface area contributed by atoms with Gasteiger partial charge in [0, 0.05) is 19.0 Å². The van der Waals surface area contributed by atoms with Gasteiger partial charge in [-0.25, -0.2) is 13.1 Å².